The number of rotatable bonds is 7. The van der Waals surface area contributed by atoms with E-state index in [0.717, 1.165) is 44.9 Å². The number of hydrogen-bond donors (Lipinski definition) is 0. The van der Waals surface area contributed by atoms with Crippen molar-refractivity contribution in [1.29, 1.82) is 0 Å². The van der Waals surface area contributed by atoms with Gasteiger partial charge in [0.05, 0.1) is 24.7 Å². The highest BCUT2D eigenvalue weighted by Crippen LogP contribution is 2.39. The van der Waals surface area contributed by atoms with E-state index in [0.29, 0.717) is 24.7 Å². The molecule has 0 aromatic carbocycles. The van der Waals surface area contributed by atoms with Crippen LogP contribution < -0.4 is 0 Å². The summed E-state index contributed by atoms with van der Waals surface area (Å²) in [6.45, 7) is 4.84. The zero-order valence-corrected chi connectivity index (χ0v) is 11.7. The molecule has 0 aromatic rings. The summed E-state index contributed by atoms with van der Waals surface area (Å²) in [4.78, 5) is 12.0. The van der Waals surface area contributed by atoms with E-state index in [4.69, 9.17) is 9.47 Å². The second kappa shape index (κ2) is 6.55. The van der Waals surface area contributed by atoms with Gasteiger partial charge in [0, 0.05) is 0 Å². The lowest BCUT2D eigenvalue weighted by Crippen LogP contribution is -2.24. The molecule has 2 fully saturated rings. The summed E-state index contributed by atoms with van der Waals surface area (Å²) in [7, 11) is 0. The van der Waals surface area contributed by atoms with Gasteiger partial charge < -0.3 is 9.47 Å². The molecule has 4 atom stereocenters. The van der Waals surface area contributed by atoms with Gasteiger partial charge in [-0.1, -0.05) is 26.7 Å². The van der Waals surface area contributed by atoms with Crippen molar-refractivity contribution < 1.29 is 14.3 Å². The third-order valence-corrected chi connectivity index (χ3v) is 4.31. The smallest absolute Gasteiger partial charge is 0.308 e. The Morgan fingerprint density at radius 3 is 2.83 bits per heavy atom. The van der Waals surface area contributed by atoms with Crippen molar-refractivity contribution in [2.24, 2.45) is 11.8 Å². The van der Waals surface area contributed by atoms with Crippen LogP contribution in [0.4, 0.5) is 0 Å². The molecule has 1 heterocycles. The lowest BCUT2D eigenvalue weighted by atomic mass is 9.90. The van der Waals surface area contributed by atoms with Gasteiger partial charge in [-0.15, -0.1) is 0 Å². The van der Waals surface area contributed by atoms with E-state index in [1.54, 1.807) is 0 Å². The van der Waals surface area contributed by atoms with Gasteiger partial charge in [0.2, 0.25) is 0 Å². The molecule has 0 radical (unpaired) electrons. The second-order valence-corrected chi connectivity index (χ2v) is 5.77. The third-order valence-electron chi connectivity index (χ3n) is 4.31. The van der Waals surface area contributed by atoms with Crippen molar-refractivity contribution in [2.45, 2.75) is 71.0 Å². The van der Waals surface area contributed by atoms with Gasteiger partial charge in [0.15, 0.2) is 0 Å². The molecule has 4 unspecified atom stereocenters. The lowest BCUT2D eigenvalue weighted by molar-refractivity contribution is -0.150. The Labute approximate surface area is 110 Å². The first kappa shape index (κ1) is 13.9. The molecular weight excluding hydrogens is 228 g/mol. The standard InChI is InChI=1S/C15H26O3/c1-3-5-6-12(4-2)15(16)17-10-11-7-8-13-14(9-11)18-13/h11-14H,3-10H2,1-2H3. The van der Waals surface area contributed by atoms with Gasteiger partial charge in [0.1, 0.15) is 0 Å². The van der Waals surface area contributed by atoms with Crippen LogP contribution in [0.5, 0.6) is 0 Å². The summed E-state index contributed by atoms with van der Waals surface area (Å²) in [6, 6.07) is 0. The van der Waals surface area contributed by atoms with Gasteiger partial charge >= 0.3 is 5.97 Å². The van der Waals surface area contributed by atoms with Crippen LogP contribution in [0.1, 0.15) is 58.8 Å². The van der Waals surface area contributed by atoms with Gasteiger partial charge in [-0.05, 0) is 38.0 Å². The molecule has 0 bridgehead atoms. The van der Waals surface area contributed by atoms with Crippen LogP contribution in [0.2, 0.25) is 0 Å². The minimum Gasteiger partial charge on any atom is -0.465 e. The molecule has 0 amide bonds. The topological polar surface area (TPSA) is 38.8 Å². The molecule has 0 N–H and O–H groups in total. The van der Waals surface area contributed by atoms with Crippen molar-refractivity contribution >= 4 is 5.97 Å². The van der Waals surface area contributed by atoms with E-state index >= 15 is 0 Å². The van der Waals surface area contributed by atoms with Gasteiger partial charge in [0.25, 0.3) is 0 Å². The van der Waals surface area contributed by atoms with Crippen molar-refractivity contribution in [2.75, 3.05) is 6.61 Å². The van der Waals surface area contributed by atoms with Crippen LogP contribution in [0, 0.1) is 11.8 Å². The minimum atomic E-state index is 0.0183. The fourth-order valence-corrected chi connectivity index (χ4v) is 2.90. The fraction of sp³-hybridized carbons (Fsp3) is 0.933. The Morgan fingerprint density at radius 2 is 2.17 bits per heavy atom. The van der Waals surface area contributed by atoms with Crippen molar-refractivity contribution in [3.63, 3.8) is 0 Å². The molecule has 2 rings (SSSR count). The van der Waals surface area contributed by atoms with E-state index in [1.165, 1.54) is 0 Å². The highest BCUT2D eigenvalue weighted by molar-refractivity contribution is 5.72. The molecule has 1 aliphatic carbocycles. The Kier molecular flexibility index (Phi) is 5.04. The summed E-state index contributed by atoms with van der Waals surface area (Å²) in [5.41, 5.74) is 0. The summed E-state index contributed by atoms with van der Waals surface area (Å²) >= 11 is 0. The predicted octanol–water partition coefficient (Wildman–Crippen LogP) is 3.31. The van der Waals surface area contributed by atoms with E-state index in [1.807, 2.05) is 0 Å². The number of carbonyl (C=O) groups is 1. The predicted molar refractivity (Wildman–Crippen MR) is 70.3 cm³/mol. The van der Waals surface area contributed by atoms with Crippen LogP contribution in [-0.4, -0.2) is 24.8 Å². The molecule has 0 spiro atoms. The Balaban J connectivity index is 1.66. The number of epoxide rings is 1. The van der Waals surface area contributed by atoms with Crippen molar-refractivity contribution in [1.82, 2.24) is 0 Å². The molecule has 2 aliphatic rings. The monoisotopic (exact) mass is 254 g/mol. The Bertz CT molecular complexity index is 277. The summed E-state index contributed by atoms with van der Waals surface area (Å²) < 4.78 is 11.0. The SMILES string of the molecule is CCCCC(CC)C(=O)OCC1CCC2OC2C1. The van der Waals surface area contributed by atoms with Crippen molar-refractivity contribution in [3.05, 3.63) is 0 Å². The molecule has 104 valence electrons. The zero-order chi connectivity index (χ0) is 13.0. The van der Waals surface area contributed by atoms with Crippen LogP contribution in [0.15, 0.2) is 0 Å². The Hall–Kier alpha value is -0.570. The normalized spacial score (nSPS) is 31.6. The fourth-order valence-electron chi connectivity index (χ4n) is 2.90. The van der Waals surface area contributed by atoms with E-state index in [2.05, 4.69) is 13.8 Å². The number of unbranched alkanes of at least 4 members (excludes halogenated alkanes) is 1. The molecule has 3 nitrogen and oxygen atoms in total. The molecule has 3 heteroatoms. The molecule has 1 aliphatic heterocycles. The highest BCUT2D eigenvalue weighted by Gasteiger charge is 2.44. The van der Waals surface area contributed by atoms with Gasteiger partial charge in [-0.25, -0.2) is 0 Å². The summed E-state index contributed by atoms with van der Waals surface area (Å²) in [5.74, 6) is 0.657. The molecule has 18 heavy (non-hydrogen) atoms. The number of esters is 1. The molecule has 0 aromatic heterocycles. The van der Waals surface area contributed by atoms with Crippen molar-refractivity contribution in [3.8, 4) is 0 Å². The number of fused-ring (bicyclic) bond motifs is 1. The lowest BCUT2D eigenvalue weighted by Gasteiger charge is -2.20. The maximum atomic E-state index is 12.0. The number of carbonyl (C=O) groups excluding carboxylic acids is 1. The maximum Gasteiger partial charge on any atom is 0.308 e. The third kappa shape index (κ3) is 3.71. The van der Waals surface area contributed by atoms with Gasteiger partial charge in [-0.2, -0.15) is 0 Å². The van der Waals surface area contributed by atoms with E-state index < -0.39 is 0 Å². The minimum absolute atomic E-state index is 0.0183. The first-order valence-electron chi connectivity index (χ1n) is 7.56. The molecular formula is C15H26O3. The molecule has 1 saturated heterocycles. The zero-order valence-electron chi connectivity index (χ0n) is 11.7. The quantitative estimate of drug-likeness (QED) is 0.517. The average Bonchev–Trinajstić information content (AvgIpc) is 3.15. The van der Waals surface area contributed by atoms with Crippen LogP contribution in [-0.2, 0) is 14.3 Å². The Morgan fingerprint density at radius 1 is 1.33 bits per heavy atom. The second-order valence-electron chi connectivity index (χ2n) is 5.77. The summed E-state index contributed by atoms with van der Waals surface area (Å²) in [5, 5.41) is 0. The number of hydrogen-bond acceptors (Lipinski definition) is 3. The largest absolute Gasteiger partial charge is 0.465 e. The highest BCUT2D eigenvalue weighted by atomic mass is 16.6. The van der Waals surface area contributed by atoms with E-state index in [9.17, 15) is 4.79 Å². The molecule has 1 saturated carbocycles. The van der Waals surface area contributed by atoms with E-state index in [-0.39, 0.29) is 11.9 Å². The van der Waals surface area contributed by atoms with Crippen LogP contribution in [0.25, 0.3) is 0 Å². The van der Waals surface area contributed by atoms with Gasteiger partial charge in [-0.3, -0.25) is 4.79 Å². The average molecular weight is 254 g/mol. The van der Waals surface area contributed by atoms with Crippen LogP contribution in [0.3, 0.4) is 0 Å². The summed E-state index contributed by atoms with van der Waals surface area (Å²) in [6.07, 6.45) is 8.54. The maximum absolute atomic E-state index is 12.0. The van der Waals surface area contributed by atoms with Crippen LogP contribution >= 0.6 is 0 Å². The first-order chi connectivity index (χ1) is 8.74. The first-order valence-corrected chi connectivity index (χ1v) is 7.56. The number of ether oxygens (including phenoxy) is 2.